The molecule has 0 saturated heterocycles. The number of hydrogen-bond acceptors (Lipinski definition) is 3. The molecule has 5 nitrogen and oxygen atoms in total. The number of nitrogens with one attached hydrogen (secondary N) is 1. The van der Waals surface area contributed by atoms with Crippen LogP contribution in [0.2, 0.25) is 0 Å². The number of carboxylic acid groups (broad SMARTS) is 1. The first-order valence-corrected chi connectivity index (χ1v) is 10.5. The van der Waals surface area contributed by atoms with Gasteiger partial charge in [-0.1, -0.05) is 50.2 Å². The minimum Gasteiger partial charge on any atom is -0.478 e. The van der Waals surface area contributed by atoms with Gasteiger partial charge in [-0.25, -0.2) is 9.78 Å². The first-order valence-electron chi connectivity index (χ1n) is 10.5. The lowest BCUT2D eigenvalue weighted by Gasteiger charge is -2.14. The van der Waals surface area contributed by atoms with Gasteiger partial charge in [-0.3, -0.25) is 4.79 Å². The smallest absolute Gasteiger partial charge is 0.335 e. The standard InChI is InChI=1S/C27H24N2O3/c1-16(2)18-7-9-19(10-8-18)25-17(3)5-4-6-22(25)26(30)29-24-14-12-20-15-21(27(31)32)11-13-23(20)28-24/h4-16H,1-3H3,(H,31,32)(H,28,29,30). The van der Waals surface area contributed by atoms with Crippen molar-refractivity contribution in [3.05, 3.63) is 95.1 Å². The molecule has 0 saturated carbocycles. The summed E-state index contributed by atoms with van der Waals surface area (Å²) in [6, 6.07) is 22.1. The predicted molar refractivity (Wildman–Crippen MR) is 127 cm³/mol. The summed E-state index contributed by atoms with van der Waals surface area (Å²) < 4.78 is 0. The molecule has 2 N–H and O–H groups in total. The van der Waals surface area contributed by atoms with Crippen molar-refractivity contribution in [2.45, 2.75) is 26.7 Å². The fourth-order valence-electron chi connectivity index (χ4n) is 3.79. The molecule has 1 aromatic heterocycles. The summed E-state index contributed by atoms with van der Waals surface area (Å²) in [5.41, 5.74) is 5.54. The van der Waals surface area contributed by atoms with Gasteiger partial charge in [0.2, 0.25) is 0 Å². The van der Waals surface area contributed by atoms with Gasteiger partial charge in [0.25, 0.3) is 5.91 Å². The lowest BCUT2D eigenvalue weighted by molar-refractivity contribution is 0.0697. The fraction of sp³-hybridized carbons (Fsp3) is 0.148. The number of anilines is 1. The number of pyridine rings is 1. The minimum atomic E-state index is -0.988. The number of carboxylic acids is 1. The summed E-state index contributed by atoms with van der Waals surface area (Å²) in [5, 5.41) is 12.7. The van der Waals surface area contributed by atoms with Gasteiger partial charge in [0.1, 0.15) is 5.82 Å². The second kappa shape index (κ2) is 8.63. The Morgan fingerprint density at radius 2 is 1.69 bits per heavy atom. The number of aryl methyl sites for hydroxylation is 1. The molecule has 1 amide bonds. The van der Waals surface area contributed by atoms with E-state index in [1.165, 1.54) is 11.6 Å². The third kappa shape index (κ3) is 4.23. The van der Waals surface area contributed by atoms with Crippen molar-refractivity contribution in [1.29, 1.82) is 0 Å². The maximum absolute atomic E-state index is 13.2. The monoisotopic (exact) mass is 424 g/mol. The molecule has 0 aliphatic rings. The van der Waals surface area contributed by atoms with Crippen LogP contribution < -0.4 is 5.32 Å². The van der Waals surface area contributed by atoms with Crippen LogP contribution in [0, 0.1) is 6.92 Å². The van der Waals surface area contributed by atoms with E-state index in [0.29, 0.717) is 28.2 Å². The molecular weight excluding hydrogens is 400 g/mol. The summed E-state index contributed by atoms with van der Waals surface area (Å²) >= 11 is 0. The van der Waals surface area contributed by atoms with E-state index in [-0.39, 0.29) is 11.5 Å². The Labute approximate surface area is 186 Å². The van der Waals surface area contributed by atoms with Gasteiger partial charge < -0.3 is 10.4 Å². The van der Waals surface area contributed by atoms with Crippen LogP contribution in [0.4, 0.5) is 5.82 Å². The van der Waals surface area contributed by atoms with Gasteiger partial charge in [0, 0.05) is 10.9 Å². The van der Waals surface area contributed by atoms with Crippen LogP contribution in [-0.2, 0) is 0 Å². The molecule has 0 aliphatic heterocycles. The quantitative estimate of drug-likeness (QED) is 0.395. The number of fused-ring (bicyclic) bond motifs is 1. The zero-order valence-electron chi connectivity index (χ0n) is 18.2. The lowest BCUT2D eigenvalue weighted by Crippen LogP contribution is -2.14. The number of benzene rings is 3. The van der Waals surface area contributed by atoms with Crippen LogP contribution in [0.5, 0.6) is 0 Å². The number of aromatic nitrogens is 1. The molecule has 5 heteroatoms. The van der Waals surface area contributed by atoms with E-state index < -0.39 is 5.97 Å². The molecule has 1 heterocycles. The summed E-state index contributed by atoms with van der Waals surface area (Å²) in [5.74, 6) is -0.384. The number of rotatable bonds is 5. The maximum Gasteiger partial charge on any atom is 0.335 e. The van der Waals surface area contributed by atoms with E-state index in [0.717, 1.165) is 16.7 Å². The normalized spacial score (nSPS) is 11.0. The van der Waals surface area contributed by atoms with Crippen molar-refractivity contribution in [2.75, 3.05) is 5.32 Å². The molecule has 4 rings (SSSR count). The van der Waals surface area contributed by atoms with Crippen LogP contribution in [-0.4, -0.2) is 22.0 Å². The molecule has 0 bridgehead atoms. The number of aromatic carboxylic acids is 1. The molecule has 0 aliphatic carbocycles. The number of carbonyl (C=O) groups is 2. The first-order chi connectivity index (χ1) is 15.3. The molecule has 0 unspecified atom stereocenters. The highest BCUT2D eigenvalue weighted by molar-refractivity contribution is 6.09. The SMILES string of the molecule is Cc1cccc(C(=O)Nc2ccc3cc(C(=O)O)ccc3n2)c1-c1ccc(C(C)C)cc1. The summed E-state index contributed by atoms with van der Waals surface area (Å²) in [6.45, 7) is 6.30. The molecule has 32 heavy (non-hydrogen) atoms. The fourth-order valence-corrected chi connectivity index (χ4v) is 3.79. The van der Waals surface area contributed by atoms with Crippen LogP contribution in [0.15, 0.2) is 72.8 Å². The van der Waals surface area contributed by atoms with E-state index >= 15 is 0 Å². The van der Waals surface area contributed by atoms with Crippen LogP contribution in [0.3, 0.4) is 0 Å². The molecule has 4 aromatic rings. The zero-order chi connectivity index (χ0) is 22.8. The summed E-state index contributed by atoms with van der Waals surface area (Å²) in [4.78, 5) is 28.8. The highest BCUT2D eigenvalue weighted by atomic mass is 16.4. The van der Waals surface area contributed by atoms with E-state index in [2.05, 4.69) is 48.4 Å². The molecule has 0 radical (unpaired) electrons. The second-order valence-electron chi connectivity index (χ2n) is 8.14. The highest BCUT2D eigenvalue weighted by Gasteiger charge is 2.16. The van der Waals surface area contributed by atoms with Gasteiger partial charge in [-0.05, 0) is 71.5 Å². The van der Waals surface area contributed by atoms with E-state index in [9.17, 15) is 9.59 Å². The topological polar surface area (TPSA) is 79.3 Å². The van der Waals surface area contributed by atoms with E-state index in [4.69, 9.17) is 5.11 Å². The predicted octanol–water partition coefficient (Wildman–Crippen LogP) is 6.28. The summed E-state index contributed by atoms with van der Waals surface area (Å²) in [7, 11) is 0. The van der Waals surface area contributed by atoms with Gasteiger partial charge in [0.15, 0.2) is 0 Å². The number of amides is 1. The molecule has 160 valence electrons. The molecule has 0 spiro atoms. The van der Waals surface area contributed by atoms with Gasteiger partial charge in [-0.15, -0.1) is 0 Å². The van der Waals surface area contributed by atoms with Crippen molar-refractivity contribution in [1.82, 2.24) is 4.98 Å². The highest BCUT2D eigenvalue weighted by Crippen LogP contribution is 2.30. The van der Waals surface area contributed by atoms with Gasteiger partial charge in [-0.2, -0.15) is 0 Å². The van der Waals surface area contributed by atoms with Gasteiger partial charge in [0.05, 0.1) is 11.1 Å². The van der Waals surface area contributed by atoms with Crippen LogP contribution in [0.25, 0.3) is 22.0 Å². The van der Waals surface area contributed by atoms with E-state index in [1.54, 1.807) is 24.3 Å². The van der Waals surface area contributed by atoms with Crippen molar-refractivity contribution in [3.63, 3.8) is 0 Å². The Morgan fingerprint density at radius 1 is 0.938 bits per heavy atom. The Bertz CT molecular complexity index is 1320. The van der Waals surface area contributed by atoms with Crippen molar-refractivity contribution >= 4 is 28.6 Å². The third-order valence-electron chi connectivity index (χ3n) is 5.56. The van der Waals surface area contributed by atoms with E-state index in [1.807, 2.05) is 25.1 Å². The van der Waals surface area contributed by atoms with Crippen LogP contribution in [0.1, 0.15) is 51.6 Å². The Kier molecular flexibility index (Phi) is 5.73. The number of carbonyl (C=O) groups excluding carboxylic acids is 1. The summed E-state index contributed by atoms with van der Waals surface area (Å²) in [6.07, 6.45) is 0. The largest absolute Gasteiger partial charge is 0.478 e. The molecule has 0 fully saturated rings. The van der Waals surface area contributed by atoms with Crippen molar-refractivity contribution in [3.8, 4) is 11.1 Å². The number of hydrogen-bond donors (Lipinski definition) is 2. The average molecular weight is 425 g/mol. The first kappa shape index (κ1) is 21.2. The Balaban J connectivity index is 1.66. The van der Waals surface area contributed by atoms with Crippen molar-refractivity contribution < 1.29 is 14.7 Å². The maximum atomic E-state index is 13.2. The van der Waals surface area contributed by atoms with Crippen molar-refractivity contribution in [2.24, 2.45) is 0 Å². The molecule has 3 aromatic carbocycles. The van der Waals surface area contributed by atoms with Gasteiger partial charge >= 0.3 is 5.97 Å². The Morgan fingerprint density at radius 3 is 2.38 bits per heavy atom. The zero-order valence-corrected chi connectivity index (χ0v) is 18.2. The molecular formula is C27H24N2O3. The third-order valence-corrected chi connectivity index (χ3v) is 5.56. The average Bonchev–Trinajstić information content (AvgIpc) is 2.78. The second-order valence-corrected chi connectivity index (χ2v) is 8.14. The van der Waals surface area contributed by atoms with Crippen LogP contribution >= 0.6 is 0 Å². The number of nitrogens with zero attached hydrogens (tertiary/aromatic N) is 1. The minimum absolute atomic E-state index is 0.198. The Hall–Kier alpha value is -3.99. The molecule has 0 atom stereocenters. The lowest BCUT2D eigenvalue weighted by atomic mass is 9.92.